The molecule has 0 aromatic heterocycles. The summed E-state index contributed by atoms with van der Waals surface area (Å²) in [4.78, 5) is 0. The lowest BCUT2D eigenvalue weighted by molar-refractivity contribution is -0.115. The Morgan fingerprint density at radius 3 is 2.41 bits per heavy atom. The number of ether oxygens (including phenoxy) is 1. The Morgan fingerprint density at radius 1 is 1.29 bits per heavy atom. The highest BCUT2D eigenvalue weighted by atomic mass is 19.4. The molecular formula is C12H16F3NO. The molecule has 0 atom stereocenters. The molecule has 1 aromatic rings. The van der Waals surface area contributed by atoms with E-state index >= 15 is 0 Å². The molecule has 17 heavy (non-hydrogen) atoms. The molecule has 1 aromatic carbocycles. The second-order valence-electron chi connectivity index (χ2n) is 4.08. The number of rotatable bonds is 4. The van der Waals surface area contributed by atoms with Crippen LogP contribution >= 0.6 is 0 Å². The molecule has 0 spiro atoms. The molecule has 0 unspecified atom stereocenters. The summed E-state index contributed by atoms with van der Waals surface area (Å²) in [5, 5.41) is 2.35. The first-order valence-corrected chi connectivity index (χ1v) is 5.32. The van der Waals surface area contributed by atoms with E-state index in [0.717, 1.165) is 5.56 Å². The molecule has 1 N–H and O–H groups in total. The Balaban J connectivity index is 2.85. The van der Waals surface area contributed by atoms with Crippen LogP contribution in [0.15, 0.2) is 18.2 Å². The predicted molar refractivity (Wildman–Crippen MR) is 61.6 cm³/mol. The highest BCUT2D eigenvalue weighted by Crippen LogP contribution is 2.29. The van der Waals surface area contributed by atoms with Crippen LogP contribution in [-0.2, 0) is 0 Å². The van der Waals surface area contributed by atoms with Crippen molar-refractivity contribution in [2.45, 2.75) is 25.9 Å². The molecule has 0 aliphatic rings. The molecule has 0 saturated heterocycles. The molecule has 0 fully saturated rings. The smallest absolute Gasteiger partial charge is 0.405 e. The van der Waals surface area contributed by atoms with Crippen LogP contribution in [0, 0.1) is 0 Å². The lowest BCUT2D eigenvalue weighted by atomic mass is 10.0. The van der Waals surface area contributed by atoms with Crippen molar-refractivity contribution in [1.29, 1.82) is 0 Å². The van der Waals surface area contributed by atoms with Crippen molar-refractivity contribution in [3.63, 3.8) is 0 Å². The van der Waals surface area contributed by atoms with E-state index in [-0.39, 0.29) is 5.92 Å². The second-order valence-corrected chi connectivity index (χ2v) is 4.08. The number of halogens is 3. The highest BCUT2D eigenvalue weighted by Gasteiger charge is 2.26. The number of methoxy groups -OCH3 is 1. The predicted octanol–water partition coefficient (Wildman–Crippen LogP) is 3.79. The summed E-state index contributed by atoms with van der Waals surface area (Å²) >= 11 is 0. The van der Waals surface area contributed by atoms with Gasteiger partial charge in [-0.05, 0) is 29.7 Å². The van der Waals surface area contributed by atoms with Gasteiger partial charge in [-0.25, -0.2) is 0 Å². The van der Waals surface area contributed by atoms with E-state index < -0.39 is 12.7 Å². The van der Waals surface area contributed by atoms with Crippen molar-refractivity contribution >= 4 is 5.69 Å². The minimum atomic E-state index is -4.21. The third kappa shape index (κ3) is 4.17. The van der Waals surface area contributed by atoms with Crippen molar-refractivity contribution in [3.05, 3.63) is 23.8 Å². The molecule has 5 heteroatoms. The number of anilines is 1. The van der Waals surface area contributed by atoms with Crippen LogP contribution in [0.5, 0.6) is 5.75 Å². The van der Waals surface area contributed by atoms with E-state index in [1.807, 2.05) is 13.8 Å². The summed E-state index contributed by atoms with van der Waals surface area (Å²) in [5.74, 6) is 0.884. The molecule has 96 valence electrons. The maximum Gasteiger partial charge on any atom is 0.405 e. The van der Waals surface area contributed by atoms with Crippen molar-refractivity contribution in [2.24, 2.45) is 0 Å². The molecule has 0 saturated carbocycles. The standard InChI is InChI=1S/C12H16F3NO/c1-8(2)10-6-9(4-5-11(10)17-3)16-7-12(13,14)15/h4-6,8,16H,7H2,1-3H3. The summed E-state index contributed by atoms with van der Waals surface area (Å²) in [6.45, 7) is 2.90. The minimum absolute atomic E-state index is 0.192. The molecular weight excluding hydrogens is 231 g/mol. The van der Waals surface area contributed by atoms with Gasteiger partial charge < -0.3 is 10.1 Å². The topological polar surface area (TPSA) is 21.3 Å². The van der Waals surface area contributed by atoms with Crippen LogP contribution in [0.1, 0.15) is 25.3 Å². The van der Waals surface area contributed by atoms with Crippen LogP contribution in [0.4, 0.5) is 18.9 Å². The number of benzene rings is 1. The van der Waals surface area contributed by atoms with E-state index in [1.54, 1.807) is 25.3 Å². The van der Waals surface area contributed by atoms with Gasteiger partial charge in [-0.15, -0.1) is 0 Å². The molecule has 0 heterocycles. The fraction of sp³-hybridized carbons (Fsp3) is 0.500. The molecule has 0 radical (unpaired) electrons. The average Bonchev–Trinajstić information content (AvgIpc) is 2.25. The summed E-state index contributed by atoms with van der Waals surface area (Å²) in [5.41, 5.74) is 1.34. The van der Waals surface area contributed by atoms with E-state index in [4.69, 9.17) is 4.74 Å². The Kier molecular flexibility index (Phi) is 4.26. The van der Waals surface area contributed by atoms with Gasteiger partial charge in [-0.2, -0.15) is 13.2 Å². The van der Waals surface area contributed by atoms with Crippen molar-refractivity contribution < 1.29 is 17.9 Å². The van der Waals surface area contributed by atoms with Gasteiger partial charge in [-0.3, -0.25) is 0 Å². The van der Waals surface area contributed by atoms with Crippen molar-refractivity contribution in [1.82, 2.24) is 0 Å². The van der Waals surface area contributed by atoms with Crippen LogP contribution in [0.2, 0.25) is 0 Å². The van der Waals surface area contributed by atoms with Crippen molar-refractivity contribution in [2.75, 3.05) is 19.0 Å². The molecule has 0 aliphatic heterocycles. The van der Waals surface area contributed by atoms with Gasteiger partial charge in [-0.1, -0.05) is 13.8 Å². The Bertz CT molecular complexity index is 375. The normalized spacial score (nSPS) is 11.7. The fourth-order valence-corrected chi connectivity index (χ4v) is 1.50. The van der Waals surface area contributed by atoms with Gasteiger partial charge in [0.05, 0.1) is 7.11 Å². The first-order chi connectivity index (χ1) is 7.83. The third-order valence-corrected chi connectivity index (χ3v) is 2.34. The second kappa shape index (κ2) is 5.29. The molecule has 0 aliphatic carbocycles. The fourth-order valence-electron chi connectivity index (χ4n) is 1.50. The maximum atomic E-state index is 12.1. The first-order valence-electron chi connectivity index (χ1n) is 5.32. The first kappa shape index (κ1) is 13.7. The largest absolute Gasteiger partial charge is 0.496 e. The molecule has 0 amide bonds. The van der Waals surface area contributed by atoms with E-state index in [2.05, 4.69) is 5.32 Å². The summed E-state index contributed by atoms with van der Waals surface area (Å²) < 4.78 is 41.3. The number of hydrogen-bond acceptors (Lipinski definition) is 2. The lowest BCUT2D eigenvalue weighted by Crippen LogP contribution is -2.21. The van der Waals surface area contributed by atoms with Crippen LogP contribution in [0.25, 0.3) is 0 Å². The van der Waals surface area contributed by atoms with E-state index in [0.29, 0.717) is 11.4 Å². The van der Waals surface area contributed by atoms with Crippen LogP contribution in [-0.4, -0.2) is 19.8 Å². The lowest BCUT2D eigenvalue weighted by Gasteiger charge is -2.15. The summed E-state index contributed by atoms with van der Waals surface area (Å²) in [6, 6.07) is 4.94. The summed E-state index contributed by atoms with van der Waals surface area (Å²) in [7, 11) is 1.55. The van der Waals surface area contributed by atoms with E-state index in [9.17, 15) is 13.2 Å². The summed E-state index contributed by atoms with van der Waals surface area (Å²) in [6.07, 6.45) is -4.21. The number of nitrogens with one attached hydrogen (secondary N) is 1. The van der Waals surface area contributed by atoms with Gasteiger partial charge >= 0.3 is 6.18 Å². The van der Waals surface area contributed by atoms with Gasteiger partial charge in [0.15, 0.2) is 0 Å². The van der Waals surface area contributed by atoms with Crippen LogP contribution < -0.4 is 10.1 Å². The van der Waals surface area contributed by atoms with E-state index in [1.165, 1.54) is 0 Å². The third-order valence-electron chi connectivity index (χ3n) is 2.34. The zero-order chi connectivity index (χ0) is 13.1. The average molecular weight is 247 g/mol. The zero-order valence-electron chi connectivity index (χ0n) is 10.1. The number of alkyl halides is 3. The SMILES string of the molecule is COc1ccc(NCC(F)(F)F)cc1C(C)C. The number of hydrogen-bond donors (Lipinski definition) is 1. The Labute approximate surface area is 98.8 Å². The van der Waals surface area contributed by atoms with Gasteiger partial charge in [0.25, 0.3) is 0 Å². The molecule has 2 nitrogen and oxygen atoms in total. The van der Waals surface area contributed by atoms with Crippen LogP contribution in [0.3, 0.4) is 0 Å². The molecule has 0 bridgehead atoms. The van der Waals surface area contributed by atoms with Gasteiger partial charge in [0, 0.05) is 5.69 Å². The van der Waals surface area contributed by atoms with Gasteiger partial charge in [0.1, 0.15) is 12.3 Å². The Morgan fingerprint density at radius 2 is 1.94 bits per heavy atom. The quantitative estimate of drug-likeness (QED) is 0.873. The molecule has 1 rings (SSSR count). The minimum Gasteiger partial charge on any atom is -0.496 e. The Hall–Kier alpha value is -1.39. The zero-order valence-corrected chi connectivity index (χ0v) is 10.1. The van der Waals surface area contributed by atoms with Crippen molar-refractivity contribution in [3.8, 4) is 5.75 Å². The monoisotopic (exact) mass is 247 g/mol. The maximum absolute atomic E-state index is 12.1. The highest BCUT2D eigenvalue weighted by molar-refractivity contribution is 5.52. The van der Waals surface area contributed by atoms with Gasteiger partial charge in [0.2, 0.25) is 0 Å².